The molecule has 0 aliphatic rings. The first-order valence-electron chi connectivity index (χ1n) is 5.56. The molecule has 0 saturated heterocycles. The highest BCUT2D eigenvalue weighted by Crippen LogP contribution is 2.30. The fourth-order valence-corrected chi connectivity index (χ4v) is 2.54. The summed E-state index contributed by atoms with van der Waals surface area (Å²) in [6, 6.07) is 14.0. The van der Waals surface area contributed by atoms with Crippen molar-refractivity contribution < 1.29 is 0 Å². The first-order chi connectivity index (χ1) is 8.78. The summed E-state index contributed by atoms with van der Waals surface area (Å²) < 4.78 is 0. The molecular formula is C14H11ClN2S. The van der Waals surface area contributed by atoms with Crippen LogP contribution in [0.2, 0.25) is 5.02 Å². The lowest BCUT2D eigenvalue weighted by Gasteiger charge is -2.03. The Morgan fingerprint density at radius 2 is 2.00 bits per heavy atom. The molecule has 0 aliphatic heterocycles. The van der Waals surface area contributed by atoms with Crippen molar-refractivity contribution in [3.8, 4) is 11.4 Å². The Balaban J connectivity index is 2.19. The maximum absolute atomic E-state index is 6.25. The van der Waals surface area contributed by atoms with Crippen molar-refractivity contribution in [3.63, 3.8) is 0 Å². The molecule has 1 heterocycles. The Hall–Kier alpha value is -1.45. The molecule has 0 radical (unpaired) electrons. The van der Waals surface area contributed by atoms with E-state index in [9.17, 15) is 0 Å². The van der Waals surface area contributed by atoms with Crippen LogP contribution in [0, 0.1) is 0 Å². The molecule has 90 valence electrons. The van der Waals surface area contributed by atoms with Gasteiger partial charge in [0, 0.05) is 10.5 Å². The molecular weight excluding hydrogens is 264 g/mol. The zero-order valence-electron chi connectivity index (χ0n) is 9.77. The van der Waals surface area contributed by atoms with Gasteiger partial charge in [0.1, 0.15) is 5.82 Å². The van der Waals surface area contributed by atoms with Crippen molar-refractivity contribution in [3.05, 3.63) is 47.5 Å². The highest BCUT2D eigenvalue weighted by atomic mass is 35.5. The molecule has 0 fully saturated rings. The third-order valence-electron chi connectivity index (χ3n) is 2.82. The van der Waals surface area contributed by atoms with Gasteiger partial charge in [-0.3, -0.25) is 0 Å². The maximum Gasteiger partial charge on any atom is 0.140 e. The summed E-state index contributed by atoms with van der Waals surface area (Å²) in [7, 11) is 0. The van der Waals surface area contributed by atoms with Crippen LogP contribution in [0.1, 0.15) is 0 Å². The number of hydrogen-bond donors (Lipinski definition) is 1. The Morgan fingerprint density at radius 3 is 2.78 bits per heavy atom. The molecule has 0 atom stereocenters. The molecule has 0 unspecified atom stereocenters. The molecule has 0 saturated carbocycles. The molecule has 2 aromatic carbocycles. The summed E-state index contributed by atoms with van der Waals surface area (Å²) >= 11 is 7.94. The van der Waals surface area contributed by atoms with Gasteiger partial charge in [-0.1, -0.05) is 23.7 Å². The van der Waals surface area contributed by atoms with E-state index >= 15 is 0 Å². The van der Waals surface area contributed by atoms with Crippen molar-refractivity contribution in [2.24, 2.45) is 0 Å². The number of thioether (sulfide) groups is 1. The Morgan fingerprint density at radius 1 is 1.17 bits per heavy atom. The number of H-pyrrole nitrogens is 1. The van der Waals surface area contributed by atoms with Crippen molar-refractivity contribution in [2.45, 2.75) is 4.90 Å². The smallest absolute Gasteiger partial charge is 0.140 e. The molecule has 3 aromatic rings. The van der Waals surface area contributed by atoms with E-state index in [1.54, 1.807) is 11.8 Å². The van der Waals surface area contributed by atoms with Crippen LogP contribution in [0.5, 0.6) is 0 Å². The van der Waals surface area contributed by atoms with Crippen LogP contribution in [0.3, 0.4) is 0 Å². The van der Waals surface area contributed by atoms with Crippen molar-refractivity contribution in [1.82, 2.24) is 9.97 Å². The molecule has 0 spiro atoms. The average molecular weight is 275 g/mol. The fourth-order valence-electron chi connectivity index (χ4n) is 1.89. The highest BCUT2D eigenvalue weighted by molar-refractivity contribution is 7.98. The fraction of sp³-hybridized carbons (Fsp3) is 0.0714. The zero-order valence-corrected chi connectivity index (χ0v) is 11.3. The van der Waals surface area contributed by atoms with E-state index in [2.05, 4.69) is 16.0 Å². The number of nitrogens with one attached hydrogen (secondary N) is 1. The second-order valence-electron chi connectivity index (χ2n) is 3.95. The number of hydrogen-bond acceptors (Lipinski definition) is 2. The van der Waals surface area contributed by atoms with Gasteiger partial charge in [0.15, 0.2) is 0 Å². The van der Waals surface area contributed by atoms with Crippen LogP contribution in [0.25, 0.3) is 22.4 Å². The van der Waals surface area contributed by atoms with E-state index in [4.69, 9.17) is 11.6 Å². The Labute approximate surface area is 114 Å². The van der Waals surface area contributed by atoms with Gasteiger partial charge in [-0.25, -0.2) is 4.98 Å². The quantitative estimate of drug-likeness (QED) is 0.692. The molecule has 1 N–H and O–H groups in total. The summed E-state index contributed by atoms with van der Waals surface area (Å²) in [6.07, 6.45) is 2.05. The zero-order chi connectivity index (χ0) is 12.5. The third kappa shape index (κ3) is 2.00. The van der Waals surface area contributed by atoms with E-state index in [1.165, 1.54) is 4.90 Å². The number of aromatic amines is 1. The second kappa shape index (κ2) is 4.67. The van der Waals surface area contributed by atoms with Gasteiger partial charge in [-0.15, -0.1) is 11.8 Å². The number of rotatable bonds is 2. The first kappa shape index (κ1) is 11.6. The predicted molar refractivity (Wildman–Crippen MR) is 78.3 cm³/mol. The molecule has 18 heavy (non-hydrogen) atoms. The first-order valence-corrected chi connectivity index (χ1v) is 7.17. The van der Waals surface area contributed by atoms with Crippen LogP contribution in [0.15, 0.2) is 47.4 Å². The molecule has 0 bridgehead atoms. The maximum atomic E-state index is 6.25. The van der Waals surface area contributed by atoms with Gasteiger partial charge in [0.25, 0.3) is 0 Å². The van der Waals surface area contributed by atoms with Gasteiger partial charge in [-0.2, -0.15) is 0 Å². The summed E-state index contributed by atoms with van der Waals surface area (Å²) in [5, 5.41) is 0.715. The SMILES string of the molecule is CSc1ccc(Cl)c(-c2nc3ccccc3[nH]2)c1. The molecule has 2 nitrogen and oxygen atoms in total. The predicted octanol–water partition coefficient (Wildman–Crippen LogP) is 4.61. The topological polar surface area (TPSA) is 28.7 Å². The lowest BCUT2D eigenvalue weighted by atomic mass is 10.2. The number of fused-ring (bicyclic) bond motifs is 1. The summed E-state index contributed by atoms with van der Waals surface area (Å²) in [5.74, 6) is 0.817. The molecule has 1 aromatic heterocycles. The number of imidazole rings is 1. The molecule has 4 heteroatoms. The van der Waals surface area contributed by atoms with Gasteiger partial charge < -0.3 is 4.98 Å². The average Bonchev–Trinajstić information content (AvgIpc) is 2.82. The van der Waals surface area contributed by atoms with Crippen molar-refractivity contribution >= 4 is 34.4 Å². The van der Waals surface area contributed by atoms with E-state index in [1.807, 2.05) is 42.7 Å². The van der Waals surface area contributed by atoms with Crippen LogP contribution in [-0.4, -0.2) is 16.2 Å². The van der Waals surface area contributed by atoms with Crippen LogP contribution < -0.4 is 0 Å². The number of nitrogens with zero attached hydrogens (tertiary/aromatic N) is 1. The van der Waals surface area contributed by atoms with Crippen molar-refractivity contribution in [1.29, 1.82) is 0 Å². The van der Waals surface area contributed by atoms with E-state index in [-0.39, 0.29) is 0 Å². The van der Waals surface area contributed by atoms with Crippen molar-refractivity contribution in [2.75, 3.05) is 6.26 Å². The summed E-state index contributed by atoms with van der Waals surface area (Å²) in [4.78, 5) is 9.04. The summed E-state index contributed by atoms with van der Waals surface area (Å²) in [5.41, 5.74) is 2.93. The molecule has 3 rings (SSSR count). The lowest BCUT2D eigenvalue weighted by molar-refractivity contribution is 1.32. The number of para-hydroxylation sites is 2. The summed E-state index contributed by atoms with van der Waals surface area (Å²) in [6.45, 7) is 0. The Bertz CT molecular complexity index is 673. The minimum atomic E-state index is 0.715. The van der Waals surface area contributed by atoms with E-state index in [0.717, 1.165) is 22.4 Å². The lowest BCUT2D eigenvalue weighted by Crippen LogP contribution is -1.83. The van der Waals surface area contributed by atoms with Gasteiger partial charge >= 0.3 is 0 Å². The molecule has 0 aliphatic carbocycles. The normalized spacial score (nSPS) is 11.0. The van der Waals surface area contributed by atoms with E-state index < -0.39 is 0 Å². The standard InChI is InChI=1S/C14H11ClN2S/c1-18-9-6-7-11(15)10(8-9)14-16-12-4-2-3-5-13(12)17-14/h2-8H,1H3,(H,16,17). The third-order valence-corrected chi connectivity index (χ3v) is 3.87. The van der Waals surface area contributed by atoms with Gasteiger partial charge in [0.05, 0.1) is 16.1 Å². The van der Waals surface area contributed by atoms with E-state index in [0.29, 0.717) is 5.02 Å². The van der Waals surface area contributed by atoms with Crippen LogP contribution in [0.4, 0.5) is 0 Å². The number of halogens is 1. The monoisotopic (exact) mass is 274 g/mol. The second-order valence-corrected chi connectivity index (χ2v) is 5.24. The van der Waals surface area contributed by atoms with Crippen LogP contribution in [-0.2, 0) is 0 Å². The minimum absolute atomic E-state index is 0.715. The van der Waals surface area contributed by atoms with Gasteiger partial charge in [0.2, 0.25) is 0 Å². The minimum Gasteiger partial charge on any atom is -0.338 e. The van der Waals surface area contributed by atoms with Crippen LogP contribution >= 0.6 is 23.4 Å². The Kier molecular flexibility index (Phi) is 3.02. The molecule has 0 amide bonds. The number of benzene rings is 2. The number of aromatic nitrogens is 2. The largest absolute Gasteiger partial charge is 0.338 e. The van der Waals surface area contributed by atoms with Gasteiger partial charge in [-0.05, 0) is 36.6 Å². The highest BCUT2D eigenvalue weighted by Gasteiger charge is 2.09.